The van der Waals surface area contributed by atoms with Gasteiger partial charge < -0.3 is 5.32 Å². The van der Waals surface area contributed by atoms with Crippen LogP contribution in [-0.4, -0.2) is 12.6 Å². The maximum atomic E-state index is 4.10. The average molecular weight is 257 g/mol. The third-order valence-corrected chi connectivity index (χ3v) is 4.18. The van der Waals surface area contributed by atoms with Crippen molar-refractivity contribution in [1.82, 2.24) is 5.32 Å². The summed E-state index contributed by atoms with van der Waals surface area (Å²) in [5.41, 5.74) is 4.42. The van der Waals surface area contributed by atoms with E-state index < -0.39 is 0 Å². The van der Waals surface area contributed by atoms with Gasteiger partial charge in [-0.05, 0) is 62.6 Å². The van der Waals surface area contributed by atoms with E-state index in [2.05, 4.69) is 50.0 Å². The van der Waals surface area contributed by atoms with E-state index in [1.165, 1.54) is 31.3 Å². The van der Waals surface area contributed by atoms with Gasteiger partial charge in [-0.1, -0.05) is 36.8 Å². The van der Waals surface area contributed by atoms with Gasteiger partial charge in [0.1, 0.15) is 0 Å². The van der Waals surface area contributed by atoms with E-state index in [4.69, 9.17) is 0 Å². The lowest BCUT2D eigenvalue weighted by molar-refractivity contribution is 0.318. The Kier molecular flexibility index (Phi) is 5.21. The first-order valence-corrected chi connectivity index (χ1v) is 7.65. The van der Waals surface area contributed by atoms with Gasteiger partial charge in [-0.3, -0.25) is 0 Å². The van der Waals surface area contributed by atoms with Gasteiger partial charge in [-0.15, -0.1) is 6.58 Å². The van der Waals surface area contributed by atoms with E-state index in [1.807, 2.05) is 0 Å². The summed E-state index contributed by atoms with van der Waals surface area (Å²) in [6, 6.07) is 9.54. The van der Waals surface area contributed by atoms with Crippen LogP contribution < -0.4 is 5.32 Å². The summed E-state index contributed by atoms with van der Waals surface area (Å²) >= 11 is 0. The Morgan fingerprint density at radius 3 is 2.79 bits per heavy atom. The molecular weight excluding hydrogens is 230 g/mol. The van der Waals surface area contributed by atoms with E-state index in [1.54, 1.807) is 11.1 Å². The molecule has 0 amide bonds. The Hall–Kier alpha value is -1.08. The molecule has 0 fully saturated rings. The smallest absolute Gasteiger partial charge is 0.0136 e. The molecule has 0 saturated heterocycles. The molecule has 19 heavy (non-hydrogen) atoms. The predicted octanol–water partition coefficient (Wildman–Crippen LogP) is 4.13. The molecule has 0 radical (unpaired) electrons. The first-order valence-electron chi connectivity index (χ1n) is 7.65. The third-order valence-electron chi connectivity index (χ3n) is 4.18. The largest absolute Gasteiger partial charge is 0.313 e. The maximum Gasteiger partial charge on any atom is 0.0136 e. The van der Waals surface area contributed by atoms with Crippen LogP contribution in [0.2, 0.25) is 0 Å². The average Bonchev–Trinajstić information content (AvgIpc) is 2.42. The molecular formula is C18H27N. The molecule has 1 aromatic rings. The van der Waals surface area contributed by atoms with Crippen molar-refractivity contribution < 1.29 is 0 Å². The fraction of sp³-hybridized carbons (Fsp3) is 0.556. The SMILES string of the molecule is C=C(C)CC(NCCC)C1CCc2ccccc2C1. The predicted molar refractivity (Wildman–Crippen MR) is 83.5 cm³/mol. The molecule has 0 aromatic heterocycles. The first-order chi connectivity index (χ1) is 9.20. The minimum atomic E-state index is 0.603. The van der Waals surface area contributed by atoms with Crippen molar-refractivity contribution in [1.29, 1.82) is 0 Å². The molecule has 2 unspecified atom stereocenters. The number of hydrogen-bond donors (Lipinski definition) is 1. The van der Waals surface area contributed by atoms with Crippen LogP contribution in [0.15, 0.2) is 36.4 Å². The van der Waals surface area contributed by atoms with E-state index in [9.17, 15) is 0 Å². The monoisotopic (exact) mass is 257 g/mol. The number of aryl methyl sites for hydroxylation is 1. The molecule has 1 aliphatic carbocycles. The fourth-order valence-electron chi connectivity index (χ4n) is 3.18. The highest BCUT2D eigenvalue weighted by molar-refractivity contribution is 5.30. The molecule has 2 atom stereocenters. The molecule has 0 aliphatic heterocycles. The second kappa shape index (κ2) is 6.91. The normalized spacial score (nSPS) is 19.8. The standard InChI is InChI=1S/C18H27N/c1-4-11-19-18(12-14(2)3)17-10-9-15-7-5-6-8-16(15)13-17/h5-8,17-19H,2,4,9-13H2,1,3H3. The maximum absolute atomic E-state index is 4.10. The highest BCUT2D eigenvalue weighted by atomic mass is 14.9. The van der Waals surface area contributed by atoms with E-state index >= 15 is 0 Å². The van der Waals surface area contributed by atoms with Gasteiger partial charge in [-0.25, -0.2) is 0 Å². The molecule has 1 aliphatic rings. The van der Waals surface area contributed by atoms with E-state index in [0.717, 1.165) is 18.9 Å². The number of fused-ring (bicyclic) bond motifs is 1. The van der Waals surface area contributed by atoms with Crippen molar-refractivity contribution in [3.05, 3.63) is 47.5 Å². The quantitative estimate of drug-likeness (QED) is 0.756. The van der Waals surface area contributed by atoms with Crippen LogP contribution in [-0.2, 0) is 12.8 Å². The summed E-state index contributed by atoms with van der Waals surface area (Å²) < 4.78 is 0. The number of hydrogen-bond acceptors (Lipinski definition) is 1. The lowest BCUT2D eigenvalue weighted by Gasteiger charge is -2.32. The highest BCUT2D eigenvalue weighted by Gasteiger charge is 2.25. The summed E-state index contributed by atoms with van der Waals surface area (Å²) in [4.78, 5) is 0. The molecule has 0 heterocycles. The number of benzene rings is 1. The lowest BCUT2D eigenvalue weighted by atomic mass is 9.78. The Morgan fingerprint density at radius 2 is 2.11 bits per heavy atom. The van der Waals surface area contributed by atoms with Crippen LogP contribution in [0.3, 0.4) is 0 Å². The zero-order valence-corrected chi connectivity index (χ0v) is 12.4. The van der Waals surface area contributed by atoms with Gasteiger partial charge in [0.15, 0.2) is 0 Å². The molecule has 0 saturated carbocycles. The van der Waals surface area contributed by atoms with Crippen LogP contribution in [0.25, 0.3) is 0 Å². The first kappa shape index (κ1) is 14.3. The molecule has 2 rings (SSSR count). The van der Waals surface area contributed by atoms with Gasteiger partial charge in [-0.2, -0.15) is 0 Å². The zero-order chi connectivity index (χ0) is 13.7. The summed E-state index contributed by atoms with van der Waals surface area (Å²) in [6.07, 6.45) is 6.10. The lowest BCUT2D eigenvalue weighted by Crippen LogP contribution is -2.39. The van der Waals surface area contributed by atoms with Crippen molar-refractivity contribution in [2.45, 2.75) is 52.0 Å². The Balaban J connectivity index is 2.04. The zero-order valence-electron chi connectivity index (χ0n) is 12.4. The van der Waals surface area contributed by atoms with Crippen LogP contribution >= 0.6 is 0 Å². The molecule has 1 nitrogen and oxygen atoms in total. The van der Waals surface area contributed by atoms with Crippen molar-refractivity contribution in [3.8, 4) is 0 Å². The Labute approximate surface area is 118 Å². The van der Waals surface area contributed by atoms with Crippen LogP contribution in [0.5, 0.6) is 0 Å². The van der Waals surface area contributed by atoms with Crippen LogP contribution in [0, 0.1) is 5.92 Å². The summed E-state index contributed by atoms with van der Waals surface area (Å²) in [7, 11) is 0. The molecule has 104 valence electrons. The van der Waals surface area contributed by atoms with Crippen LogP contribution in [0.4, 0.5) is 0 Å². The van der Waals surface area contributed by atoms with Gasteiger partial charge in [0.05, 0.1) is 0 Å². The van der Waals surface area contributed by atoms with Gasteiger partial charge in [0, 0.05) is 6.04 Å². The number of rotatable bonds is 6. The molecule has 1 aromatic carbocycles. The second-order valence-electron chi connectivity index (χ2n) is 5.99. The minimum absolute atomic E-state index is 0.603. The van der Waals surface area contributed by atoms with Crippen LogP contribution in [0.1, 0.15) is 44.2 Å². The Morgan fingerprint density at radius 1 is 1.37 bits per heavy atom. The summed E-state index contributed by atoms with van der Waals surface area (Å²) in [5, 5.41) is 3.74. The molecule has 0 spiro atoms. The Bertz CT molecular complexity index is 421. The van der Waals surface area contributed by atoms with Gasteiger partial charge >= 0.3 is 0 Å². The van der Waals surface area contributed by atoms with E-state index in [-0.39, 0.29) is 0 Å². The molecule has 1 N–H and O–H groups in total. The van der Waals surface area contributed by atoms with Gasteiger partial charge in [0.25, 0.3) is 0 Å². The minimum Gasteiger partial charge on any atom is -0.313 e. The van der Waals surface area contributed by atoms with E-state index in [0.29, 0.717) is 6.04 Å². The van der Waals surface area contributed by atoms with Crippen molar-refractivity contribution in [2.75, 3.05) is 6.54 Å². The van der Waals surface area contributed by atoms with Crippen molar-refractivity contribution in [2.24, 2.45) is 5.92 Å². The third kappa shape index (κ3) is 3.94. The highest BCUT2D eigenvalue weighted by Crippen LogP contribution is 2.29. The topological polar surface area (TPSA) is 12.0 Å². The summed E-state index contributed by atoms with van der Waals surface area (Å²) in [5.74, 6) is 0.762. The molecule has 0 bridgehead atoms. The molecule has 1 heteroatoms. The number of nitrogens with one attached hydrogen (secondary N) is 1. The van der Waals surface area contributed by atoms with Crippen molar-refractivity contribution in [3.63, 3.8) is 0 Å². The van der Waals surface area contributed by atoms with Crippen molar-refractivity contribution >= 4 is 0 Å². The van der Waals surface area contributed by atoms with Gasteiger partial charge in [0.2, 0.25) is 0 Å². The second-order valence-corrected chi connectivity index (χ2v) is 5.99. The fourth-order valence-corrected chi connectivity index (χ4v) is 3.18. The summed E-state index contributed by atoms with van der Waals surface area (Å²) in [6.45, 7) is 9.61.